The summed E-state index contributed by atoms with van der Waals surface area (Å²) in [6, 6.07) is 5.83. The summed E-state index contributed by atoms with van der Waals surface area (Å²) in [5.74, 6) is -0.269. The van der Waals surface area contributed by atoms with Crippen molar-refractivity contribution in [2.24, 2.45) is 28.8 Å². The highest BCUT2D eigenvalue weighted by Gasteiger charge is 2.56. The number of hydrazone groups is 1. The zero-order valence-electron chi connectivity index (χ0n) is 12.8. The minimum absolute atomic E-state index is 0.138. The van der Waals surface area contributed by atoms with Gasteiger partial charge in [0, 0.05) is 4.47 Å². The van der Waals surface area contributed by atoms with Gasteiger partial charge in [0.1, 0.15) is 0 Å². The van der Waals surface area contributed by atoms with Crippen LogP contribution >= 0.6 is 15.9 Å². The van der Waals surface area contributed by atoms with E-state index < -0.39 is 0 Å². The third kappa shape index (κ3) is 2.29. The van der Waals surface area contributed by atoms with Crippen molar-refractivity contribution in [1.29, 1.82) is 0 Å². The Bertz CT molecular complexity index is 723. The third-order valence-corrected chi connectivity index (χ3v) is 6.11. The van der Waals surface area contributed by atoms with Crippen LogP contribution in [-0.2, 0) is 9.59 Å². The predicted molar refractivity (Wildman–Crippen MR) is 90.7 cm³/mol. The molecule has 2 amide bonds. The lowest BCUT2D eigenvalue weighted by Crippen LogP contribution is -2.38. The number of imide groups is 1. The van der Waals surface area contributed by atoms with E-state index in [2.05, 4.69) is 33.2 Å². The number of allylic oxidation sites excluding steroid dienone is 2. The van der Waals surface area contributed by atoms with Gasteiger partial charge in [0.05, 0.1) is 18.1 Å². The number of benzene rings is 1. The van der Waals surface area contributed by atoms with Crippen molar-refractivity contribution in [3.8, 4) is 0 Å². The summed E-state index contributed by atoms with van der Waals surface area (Å²) in [4.78, 5) is 25.3. The fraction of sp³-hybridized carbons (Fsp3) is 0.389. The van der Waals surface area contributed by atoms with Gasteiger partial charge < -0.3 is 0 Å². The molecule has 0 aromatic heterocycles. The zero-order valence-corrected chi connectivity index (χ0v) is 14.4. The molecule has 4 nitrogen and oxygen atoms in total. The van der Waals surface area contributed by atoms with Crippen molar-refractivity contribution in [2.45, 2.75) is 19.8 Å². The molecular formula is C18H17BrN2O2. The largest absolute Gasteiger partial charge is 0.272 e. The monoisotopic (exact) mass is 372 g/mol. The average Bonchev–Trinajstić information content (AvgIpc) is 2.83. The van der Waals surface area contributed by atoms with Gasteiger partial charge in [-0.05, 0) is 48.8 Å². The average molecular weight is 373 g/mol. The van der Waals surface area contributed by atoms with Gasteiger partial charge in [0.2, 0.25) is 0 Å². The topological polar surface area (TPSA) is 49.7 Å². The Hall–Kier alpha value is -1.75. The van der Waals surface area contributed by atoms with Gasteiger partial charge in [0.15, 0.2) is 0 Å². The molecule has 4 atom stereocenters. The quantitative estimate of drug-likeness (QED) is 0.454. The molecule has 4 unspecified atom stereocenters. The minimum atomic E-state index is -0.201. The van der Waals surface area contributed by atoms with Crippen LogP contribution in [0.15, 0.2) is 39.9 Å². The number of aryl methyl sites for hydroxylation is 1. The van der Waals surface area contributed by atoms with Crippen molar-refractivity contribution in [1.82, 2.24) is 5.01 Å². The molecule has 23 heavy (non-hydrogen) atoms. The number of rotatable bonds is 2. The van der Waals surface area contributed by atoms with Crippen LogP contribution in [0.4, 0.5) is 0 Å². The third-order valence-electron chi connectivity index (χ3n) is 5.25. The lowest BCUT2D eigenvalue weighted by atomic mass is 9.63. The molecule has 1 saturated carbocycles. The zero-order chi connectivity index (χ0) is 16.1. The van der Waals surface area contributed by atoms with Crippen LogP contribution in [-0.4, -0.2) is 23.0 Å². The van der Waals surface area contributed by atoms with E-state index in [4.69, 9.17) is 0 Å². The molecule has 0 radical (unpaired) electrons. The molecule has 3 aliphatic carbocycles. The van der Waals surface area contributed by atoms with Gasteiger partial charge in [-0.25, -0.2) is 0 Å². The first kappa shape index (κ1) is 14.8. The van der Waals surface area contributed by atoms with E-state index >= 15 is 0 Å². The van der Waals surface area contributed by atoms with Gasteiger partial charge in [-0.3, -0.25) is 9.59 Å². The van der Waals surface area contributed by atoms with E-state index in [-0.39, 0.29) is 35.5 Å². The summed E-state index contributed by atoms with van der Waals surface area (Å²) in [6.07, 6.45) is 7.83. The number of halogens is 1. The van der Waals surface area contributed by atoms with Crippen LogP contribution in [0.3, 0.4) is 0 Å². The molecule has 1 aliphatic heterocycles. The smallest absolute Gasteiger partial charge is 0.254 e. The normalized spacial score (nSPS) is 32.2. The Morgan fingerprint density at radius 2 is 1.74 bits per heavy atom. The second-order valence-electron chi connectivity index (χ2n) is 6.58. The predicted octanol–water partition coefficient (Wildman–Crippen LogP) is 3.29. The number of carbonyl (C=O) groups is 2. The Balaban J connectivity index is 1.60. The van der Waals surface area contributed by atoms with E-state index in [0.29, 0.717) is 0 Å². The van der Waals surface area contributed by atoms with Gasteiger partial charge in [0.25, 0.3) is 11.8 Å². The van der Waals surface area contributed by atoms with Gasteiger partial charge in [-0.1, -0.05) is 40.2 Å². The van der Waals surface area contributed by atoms with E-state index in [1.807, 2.05) is 25.1 Å². The summed E-state index contributed by atoms with van der Waals surface area (Å²) >= 11 is 3.48. The van der Waals surface area contributed by atoms with E-state index in [9.17, 15) is 9.59 Å². The first-order valence-electron chi connectivity index (χ1n) is 7.92. The van der Waals surface area contributed by atoms with E-state index in [1.54, 1.807) is 6.21 Å². The van der Waals surface area contributed by atoms with Crippen molar-refractivity contribution in [2.75, 3.05) is 0 Å². The Morgan fingerprint density at radius 3 is 2.26 bits per heavy atom. The lowest BCUT2D eigenvalue weighted by molar-refractivity contribution is -0.140. The number of amides is 2. The summed E-state index contributed by atoms with van der Waals surface area (Å²) in [7, 11) is 0. The maximum Gasteiger partial charge on any atom is 0.254 e. The van der Waals surface area contributed by atoms with Gasteiger partial charge in [-0.2, -0.15) is 10.1 Å². The lowest BCUT2D eigenvalue weighted by Gasteiger charge is -2.37. The summed E-state index contributed by atoms with van der Waals surface area (Å²) in [5.41, 5.74) is 1.99. The maximum atomic E-state index is 12.6. The molecule has 2 fully saturated rings. The van der Waals surface area contributed by atoms with Crippen molar-refractivity contribution < 1.29 is 9.59 Å². The van der Waals surface area contributed by atoms with Crippen LogP contribution in [0.1, 0.15) is 24.0 Å². The van der Waals surface area contributed by atoms with Crippen LogP contribution in [0.2, 0.25) is 0 Å². The molecule has 4 aliphatic rings. The van der Waals surface area contributed by atoms with Crippen molar-refractivity contribution >= 4 is 34.0 Å². The fourth-order valence-electron chi connectivity index (χ4n) is 3.99. The SMILES string of the molecule is Cc1ccc(/C=N/N2C(=O)C3C4C=CC(CC4)C3C2=O)cc1Br. The van der Waals surface area contributed by atoms with Gasteiger partial charge >= 0.3 is 0 Å². The van der Waals surface area contributed by atoms with E-state index in [0.717, 1.165) is 33.5 Å². The molecule has 0 spiro atoms. The molecule has 5 rings (SSSR count). The van der Waals surface area contributed by atoms with Crippen LogP contribution in [0.5, 0.6) is 0 Å². The van der Waals surface area contributed by atoms with Crippen molar-refractivity contribution in [3.05, 3.63) is 46.0 Å². The molecule has 1 saturated heterocycles. The number of hydrogen-bond donors (Lipinski definition) is 0. The number of nitrogens with zero attached hydrogens (tertiary/aromatic N) is 2. The molecule has 0 N–H and O–H groups in total. The fourth-order valence-corrected chi connectivity index (χ4v) is 4.38. The second-order valence-corrected chi connectivity index (χ2v) is 7.44. The molecule has 1 aromatic carbocycles. The molecule has 1 heterocycles. The van der Waals surface area contributed by atoms with Crippen LogP contribution in [0.25, 0.3) is 0 Å². The van der Waals surface area contributed by atoms with Crippen molar-refractivity contribution in [3.63, 3.8) is 0 Å². The first-order chi connectivity index (χ1) is 11.1. The summed E-state index contributed by atoms with van der Waals surface area (Å²) < 4.78 is 0.983. The highest BCUT2D eigenvalue weighted by Crippen LogP contribution is 2.49. The highest BCUT2D eigenvalue weighted by molar-refractivity contribution is 9.10. The molecule has 1 aromatic rings. The Labute approximate surface area is 143 Å². The van der Waals surface area contributed by atoms with Crippen LogP contribution in [0, 0.1) is 30.6 Å². The van der Waals surface area contributed by atoms with Crippen LogP contribution < -0.4 is 0 Å². The Morgan fingerprint density at radius 1 is 1.13 bits per heavy atom. The highest BCUT2D eigenvalue weighted by atomic mass is 79.9. The number of hydrogen-bond acceptors (Lipinski definition) is 3. The van der Waals surface area contributed by atoms with Gasteiger partial charge in [-0.15, -0.1) is 0 Å². The van der Waals surface area contributed by atoms with E-state index in [1.165, 1.54) is 0 Å². The Kier molecular flexibility index (Phi) is 3.48. The first-order valence-corrected chi connectivity index (χ1v) is 8.72. The summed E-state index contributed by atoms with van der Waals surface area (Å²) in [5, 5.41) is 5.31. The molecule has 2 bridgehead atoms. The molecule has 118 valence electrons. The summed E-state index contributed by atoms with van der Waals surface area (Å²) in [6.45, 7) is 2.01. The molecular weight excluding hydrogens is 356 g/mol. The standard InChI is InChI=1S/C18H17BrN2O2/c1-10-2-3-11(8-14(10)19)9-20-21-17(22)15-12-4-5-13(7-6-12)16(15)18(21)23/h2-5,8-9,12-13,15-16H,6-7H2,1H3/b20-9+. The molecule has 5 heteroatoms. The maximum absolute atomic E-state index is 12.6. The number of fused-ring (bicyclic) bond motifs is 1. The second kappa shape index (κ2) is 5.41. The minimum Gasteiger partial charge on any atom is -0.272 e. The number of carbonyl (C=O) groups excluding carboxylic acids is 2.